The number of aromatic nitrogens is 1. The molecule has 5 nitrogen and oxygen atoms in total. The fraction of sp³-hybridized carbons (Fsp3) is 0.500. The van der Waals surface area contributed by atoms with E-state index in [1.54, 1.807) is 6.92 Å². The van der Waals surface area contributed by atoms with Crippen LogP contribution in [0.5, 0.6) is 0 Å². The van der Waals surface area contributed by atoms with Crippen molar-refractivity contribution in [1.82, 2.24) is 4.74 Å². The lowest BCUT2D eigenvalue weighted by Gasteiger charge is -1.97. The van der Waals surface area contributed by atoms with Gasteiger partial charge in [-0.05, 0) is 6.92 Å². The van der Waals surface area contributed by atoms with Crippen molar-refractivity contribution in [2.75, 3.05) is 18.1 Å². The Balaban J connectivity index is 2.61. The van der Waals surface area contributed by atoms with Crippen molar-refractivity contribution in [2.45, 2.75) is 6.92 Å². The van der Waals surface area contributed by atoms with Gasteiger partial charge < -0.3 is 10.3 Å². The first kappa shape index (κ1) is 11.1. The standard InChI is InChI=1S/C8H12N2O3S/c1-6-4-7(11)10(13-6)8(12)5-14-3-2-9/h4H,2-3,5,9H2,1H3. The number of thioether (sulfide) groups is 1. The first-order valence-corrected chi connectivity index (χ1v) is 5.31. The second kappa shape index (κ2) is 5.02. The Morgan fingerprint density at radius 1 is 1.71 bits per heavy atom. The molecule has 0 atom stereocenters. The number of carbonyl (C=O) groups excluding carboxylic acids is 1. The van der Waals surface area contributed by atoms with E-state index < -0.39 is 5.56 Å². The molecule has 14 heavy (non-hydrogen) atoms. The molecule has 0 aromatic carbocycles. The van der Waals surface area contributed by atoms with E-state index >= 15 is 0 Å². The van der Waals surface area contributed by atoms with Crippen molar-refractivity contribution >= 4 is 17.7 Å². The monoisotopic (exact) mass is 216 g/mol. The van der Waals surface area contributed by atoms with Crippen LogP contribution in [0, 0.1) is 6.92 Å². The highest BCUT2D eigenvalue weighted by Gasteiger charge is 2.10. The van der Waals surface area contributed by atoms with Crippen molar-refractivity contribution in [1.29, 1.82) is 0 Å². The van der Waals surface area contributed by atoms with Gasteiger partial charge in [0.25, 0.3) is 11.5 Å². The van der Waals surface area contributed by atoms with E-state index in [4.69, 9.17) is 10.3 Å². The smallest absolute Gasteiger partial charge is 0.290 e. The van der Waals surface area contributed by atoms with Crippen LogP contribution < -0.4 is 11.3 Å². The van der Waals surface area contributed by atoms with E-state index in [1.165, 1.54) is 17.8 Å². The first-order chi connectivity index (χ1) is 6.65. The number of aryl methyl sites for hydroxylation is 1. The Labute approximate surface area is 85.2 Å². The number of hydrogen-bond donors (Lipinski definition) is 1. The zero-order valence-corrected chi connectivity index (χ0v) is 8.67. The molecule has 0 unspecified atom stereocenters. The van der Waals surface area contributed by atoms with Gasteiger partial charge in [-0.1, -0.05) is 0 Å². The van der Waals surface area contributed by atoms with Gasteiger partial charge in [0.2, 0.25) is 0 Å². The molecule has 0 saturated carbocycles. The number of nitrogens with two attached hydrogens (primary N) is 1. The molecule has 0 radical (unpaired) electrons. The van der Waals surface area contributed by atoms with Gasteiger partial charge in [-0.25, -0.2) is 0 Å². The Morgan fingerprint density at radius 3 is 2.93 bits per heavy atom. The van der Waals surface area contributed by atoms with E-state index in [9.17, 15) is 9.59 Å². The second-order valence-corrected chi connectivity index (χ2v) is 3.82. The number of nitrogens with zero attached hydrogens (tertiary/aromatic N) is 1. The highest BCUT2D eigenvalue weighted by molar-refractivity contribution is 7.99. The van der Waals surface area contributed by atoms with Crippen LogP contribution in [-0.2, 0) is 0 Å². The van der Waals surface area contributed by atoms with Crippen LogP contribution >= 0.6 is 11.8 Å². The predicted octanol–water partition coefficient (Wildman–Crippen LogP) is 0.0818. The molecule has 2 N–H and O–H groups in total. The summed E-state index contributed by atoms with van der Waals surface area (Å²) < 4.78 is 5.69. The minimum atomic E-state index is -0.416. The summed E-state index contributed by atoms with van der Waals surface area (Å²) in [5.41, 5.74) is 4.85. The normalized spacial score (nSPS) is 10.4. The molecule has 1 aromatic rings. The van der Waals surface area contributed by atoms with Crippen molar-refractivity contribution in [3.05, 3.63) is 22.2 Å². The summed E-state index contributed by atoms with van der Waals surface area (Å²) >= 11 is 1.38. The highest BCUT2D eigenvalue weighted by atomic mass is 32.2. The Bertz CT molecular complexity index is 369. The summed E-state index contributed by atoms with van der Waals surface area (Å²) in [6, 6.07) is 1.28. The van der Waals surface area contributed by atoms with E-state index in [-0.39, 0.29) is 11.7 Å². The molecule has 0 aliphatic carbocycles. The quantitative estimate of drug-likeness (QED) is 0.721. The third-order valence-electron chi connectivity index (χ3n) is 1.48. The second-order valence-electron chi connectivity index (χ2n) is 2.71. The number of carbonyl (C=O) groups is 1. The third-order valence-corrected chi connectivity index (χ3v) is 2.45. The molecule has 0 aliphatic rings. The average Bonchev–Trinajstić information content (AvgIpc) is 2.45. The molecule has 1 heterocycles. The minimum absolute atomic E-state index is 0.212. The Morgan fingerprint density at radius 2 is 2.43 bits per heavy atom. The van der Waals surface area contributed by atoms with Gasteiger partial charge in [-0.15, -0.1) is 4.74 Å². The van der Waals surface area contributed by atoms with E-state index in [0.29, 0.717) is 18.1 Å². The summed E-state index contributed by atoms with van der Waals surface area (Å²) in [5, 5.41) is 0. The van der Waals surface area contributed by atoms with Crippen molar-refractivity contribution in [3.63, 3.8) is 0 Å². The van der Waals surface area contributed by atoms with Crippen LogP contribution in [-0.4, -0.2) is 28.7 Å². The van der Waals surface area contributed by atoms with Crippen LogP contribution in [0.4, 0.5) is 0 Å². The Hall–Kier alpha value is -1.01. The van der Waals surface area contributed by atoms with Crippen molar-refractivity contribution in [2.24, 2.45) is 5.73 Å². The third kappa shape index (κ3) is 2.74. The van der Waals surface area contributed by atoms with Crippen LogP contribution in [0.15, 0.2) is 15.4 Å². The summed E-state index contributed by atoms with van der Waals surface area (Å²) in [6.07, 6.45) is 0. The molecule has 0 aliphatic heterocycles. The molecule has 0 fully saturated rings. The number of rotatable bonds is 4. The van der Waals surface area contributed by atoms with E-state index in [1.807, 2.05) is 0 Å². The van der Waals surface area contributed by atoms with Crippen LogP contribution in [0.1, 0.15) is 10.6 Å². The van der Waals surface area contributed by atoms with Crippen LogP contribution in [0.3, 0.4) is 0 Å². The molecule has 0 spiro atoms. The largest absolute Gasteiger partial charge is 0.373 e. The van der Waals surface area contributed by atoms with Gasteiger partial charge in [-0.3, -0.25) is 9.59 Å². The maximum Gasteiger partial charge on any atom is 0.290 e. The van der Waals surface area contributed by atoms with Crippen LogP contribution in [0.2, 0.25) is 0 Å². The fourth-order valence-electron chi connectivity index (χ4n) is 0.923. The van der Waals surface area contributed by atoms with Crippen molar-refractivity contribution in [3.8, 4) is 0 Å². The zero-order chi connectivity index (χ0) is 10.6. The molecule has 78 valence electrons. The highest BCUT2D eigenvalue weighted by Crippen LogP contribution is 2.00. The minimum Gasteiger partial charge on any atom is -0.373 e. The summed E-state index contributed by atoms with van der Waals surface area (Å²) in [5.74, 6) is 0.998. The maximum absolute atomic E-state index is 11.4. The van der Waals surface area contributed by atoms with Gasteiger partial charge in [0.05, 0.1) is 5.75 Å². The molecular weight excluding hydrogens is 204 g/mol. The maximum atomic E-state index is 11.4. The molecule has 6 heteroatoms. The lowest BCUT2D eigenvalue weighted by molar-refractivity contribution is 0.0813. The van der Waals surface area contributed by atoms with Gasteiger partial charge in [-0.2, -0.15) is 11.8 Å². The lowest BCUT2D eigenvalue weighted by Crippen LogP contribution is -2.23. The molecule has 0 bridgehead atoms. The van der Waals surface area contributed by atoms with Gasteiger partial charge in [0.1, 0.15) is 5.76 Å². The Kier molecular flexibility index (Phi) is 3.97. The zero-order valence-electron chi connectivity index (χ0n) is 7.86. The van der Waals surface area contributed by atoms with E-state index in [2.05, 4.69) is 0 Å². The summed E-state index contributed by atoms with van der Waals surface area (Å²) in [4.78, 5) is 22.5. The SMILES string of the molecule is Cc1cc(=O)n(C(=O)CSCCN)o1. The first-order valence-electron chi connectivity index (χ1n) is 4.16. The summed E-state index contributed by atoms with van der Waals surface area (Å²) in [6.45, 7) is 2.14. The summed E-state index contributed by atoms with van der Waals surface area (Å²) in [7, 11) is 0. The average molecular weight is 216 g/mol. The molecule has 1 rings (SSSR count). The predicted molar refractivity (Wildman–Crippen MR) is 54.7 cm³/mol. The van der Waals surface area contributed by atoms with Gasteiger partial charge in [0.15, 0.2) is 0 Å². The lowest BCUT2D eigenvalue weighted by atomic mass is 10.5. The molecule has 0 saturated heterocycles. The molecule has 1 aromatic heterocycles. The van der Waals surface area contributed by atoms with Crippen LogP contribution in [0.25, 0.3) is 0 Å². The van der Waals surface area contributed by atoms with Crippen molar-refractivity contribution < 1.29 is 9.32 Å². The number of hydrogen-bond acceptors (Lipinski definition) is 5. The molecular formula is C8H12N2O3S. The van der Waals surface area contributed by atoms with Gasteiger partial charge in [0, 0.05) is 18.4 Å². The van der Waals surface area contributed by atoms with E-state index in [0.717, 1.165) is 4.74 Å². The topological polar surface area (TPSA) is 78.2 Å². The fourth-order valence-corrected chi connectivity index (χ4v) is 1.53. The van der Waals surface area contributed by atoms with Gasteiger partial charge >= 0.3 is 0 Å². The molecule has 0 amide bonds.